The molecule has 0 aliphatic heterocycles. The number of aliphatic hydroxyl groups is 1. The lowest BCUT2D eigenvalue weighted by Crippen LogP contribution is -2.30. The summed E-state index contributed by atoms with van der Waals surface area (Å²) in [7, 11) is 1.74. The molecule has 20 heavy (non-hydrogen) atoms. The molecule has 0 aromatic carbocycles. The highest BCUT2D eigenvalue weighted by atomic mass is 16.3. The monoisotopic (exact) mass is 271 g/mol. The van der Waals surface area contributed by atoms with E-state index in [4.69, 9.17) is 5.11 Å². The zero-order chi connectivity index (χ0) is 14.5. The molecule has 0 bridgehead atoms. The normalized spacial score (nSPS) is 11.9. The number of pyridine rings is 2. The molecule has 2 aromatic rings. The van der Waals surface area contributed by atoms with E-state index in [1.54, 1.807) is 36.5 Å². The van der Waals surface area contributed by atoms with Crippen LogP contribution in [-0.2, 0) is 6.61 Å². The molecule has 0 radical (unpaired) electrons. The molecule has 2 aromatic heterocycles. The molecule has 0 saturated carbocycles. The molecular weight excluding hydrogens is 254 g/mol. The smallest absolute Gasteiger partial charge is 0.272 e. The summed E-state index contributed by atoms with van der Waals surface area (Å²) < 4.78 is 0. The molecule has 1 amide bonds. The van der Waals surface area contributed by atoms with Crippen LogP contribution in [0.4, 0.5) is 0 Å². The lowest BCUT2D eigenvalue weighted by molar-refractivity contribution is 0.0736. The van der Waals surface area contributed by atoms with Crippen LogP contribution < -0.4 is 0 Å². The van der Waals surface area contributed by atoms with E-state index < -0.39 is 0 Å². The Labute approximate surface area is 117 Å². The van der Waals surface area contributed by atoms with Crippen LogP contribution in [0.1, 0.15) is 34.6 Å². The van der Waals surface area contributed by atoms with Crippen LogP contribution in [0.25, 0.3) is 0 Å². The third kappa shape index (κ3) is 3.00. The van der Waals surface area contributed by atoms with Crippen molar-refractivity contribution in [2.24, 2.45) is 0 Å². The molecule has 0 spiro atoms. The Balaban J connectivity index is 2.19. The molecule has 5 nitrogen and oxygen atoms in total. The second kappa shape index (κ2) is 6.25. The van der Waals surface area contributed by atoms with Gasteiger partial charge in [0.1, 0.15) is 5.69 Å². The van der Waals surface area contributed by atoms with Gasteiger partial charge >= 0.3 is 0 Å². The van der Waals surface area contributed by atoms with Crippen molar-refractivity contribution in [1.29, 1.82) is 0 Å². The van der Waals surface area contributed by atoms with Crippen molar-refractivity contribution in [1.82, 2.24) is 14.9 Å². The first-order chi connectivity index (χ1) is 9.63. The molecule has 2 rings (SSSR count). The summed E-state index contributed by atoms with van der Waals surface area (Å²) in [5, 5.41) is 9.11. The van der Waals surface area contributed by atoms with Gasteiger partial charge in [-0.1, -0.05) is 0 Å². The first kappa shape index (κ1) is 14.1. The van der Waals surface area contributed by atoms with Crippen molar-refractivity contribution in [3.8, 4) is 0 Å². The molecule has 1 N–H and O–H groups in total. The number of rotatable bonds is 4. The first-order valence-electron chi connectivity index (χ1n) is 6.36. The van der Waals surface area contributed by atoms with Crippen LogP contribution in [0.2, 0.25) is 0 Å². The summed E-state index contributed by atoms with van der Waals surface area (Å²) in [5.41, 5.74) is 2.02. The fourth-order valence-corrected chi connectivity index (χ4v) is 1.91. The predicted molar refractivity (Wildman–Crippen MR) is 74.9 cm³/mol. The summed E-state index contributed by atoms with van der Waals surface area (Å²) in [4.78, 5) is 22.1. The molecule has 0 aliphatic rings. The summed E-state index contributed by atoms with van der Waals surface area (Å²) >= 11 is 0. The second-order valence-electron chi connectivity index (χ2n) is 4.58. The van der Waals surface area contributed by atoms with Crippen molar-refractivity contribution in [2.45, 2.75) is 19.6 Å². The Kier molecular flexibility index (Phi) is 4.42. The van der Waals surface area contributed by atoms with Crippen LogP contribution in [-0.4, -0.2) is 32.9 Å². The number of aromatic nitrogens is 2. The third-order valence-corrected chi connectivity index (χ3v) is 3.32. The van der Waals surface area contributed by atoms with Gasteiger partial charge in [0, 0.05) is 25.6 Å². The van der Waals surface area contributed by atoms with Crippen molar-refractivity contribution in [3.05, 3.63) is 59.7 Å². The van der Waals surface area contributed by atoms with Crippen LogP contribution >= 0.6 is 0 Å². The molecule has 0 aliphatic carbocycles. The van der Waals surface area contributed by atoms with E-state index in [1.807, 2.05) is 19.1 Å². The van der Waals surface area contributed by atoms with Crippen molar-refractivity contribution in [2.75, 3.05) is 7.05 Å². The number of nitrogens with zero attached hydrogens (tertiary/aromatic N) is 3. The van der Waals surface area contributed by atoms with Gasteiger partial charge in [-0.25, -0.2) is 0 Å². The lowest BCUT2D eigenvalue weighted by atomic mass is 10.1. The lowest BCUT2D eigenvalue weighted by Gasteiger charge is -2.25. The van der Waals surface area contributed by atoms with E-state index in [-0.39, 0.29) is 18.6 Å². The van der Waals surface area contributed by atoms with Gasteiger partial charge in [0.2, 0.25) is 0 Å². The Morgan fingerprint density at radius 1 is 1.30 bits per heavy atom. The highest BCUT2D eigenvalue weighted by Gasteiger charge is 2.19. The van der Waals surface area contributed by atoms with Gasteiger partial charge in [-0.05, 0) is 42.3 Å². The van der Waals surface area contributed by atoms with Gasteiger partial charge < -0.3 is 10.0 Å². The number of carbonyl (C=O) groups excluding carboxylic acids is 1. The highest BCUT2D eigenvalue weighted by Crippen LogP contribution is 2.19. The van der Waals surface area contributed by atoms with Crippen molar-refractivity contribution >= 4 is 5.91 Å². The minimum absolute atomic E-state index is 0.0786. The fourth-order valence-electron chi connectivity index (χ4n) is 1.91. The quantitative estimate of drug-likeness (QED) is 0.921. The zero-order valence-electron chi connectivity index (χ0n) is 11.5. The molecule has 1 atom stereocenters. The maximum absolute atomic E-state index is 12.4. The average Bonchev–Trinajstić information content (AvgIpc) is 2.53. The number of hydrogen-bond donors (Lipinski definition) is 1. The number of amides is 1. The van der Waals surface area contributed by atoms with E-state index in [0.717, 1.165) is 5.56 Å². The first-order valence-corrected chi connectivity index (χ1v) is 6.36. The molecule has 0 fully saturated rings. The molecular formula is C15H17N3O2. The molecule has 104 valence electrons. The van der Waals surface area contributed by atoms with Gasteiger partial charge in [-0.2, -0.15) is 0 Å². The van der Waals surface area contributed by atoms with E-state index in [2.05, 4.69) is 9.97 Å². The van der Waals surface area contributed by atoms with Gasteiger partial charge in [0.05, 0.1) is 12.6 Å². The fraction of sp³-hybridized carbons (Fsp3) is 0.267. The highest BCUT2D eigenvalue weighted by molar-refractivity contribution is 5.92. The van der Waals surface area contributed by atoms with Crippen LogP contribution in [0.3, 0.4) is 0 Å². The van der Waals surface area contributed by atoms with Crippen LogP contribution in [0.15, 0.2) is 42.9 Å². The molecule has 2 heterocycles. The van der Waals surface area contributed by atoms with Crippen molar-refractivity contribution in [3.63, 3.8) is 0 Å². The predicted octanol–water partition coefficient (Wildman–Crippen LogP) is 1.80. The van der Waals surface area contributed by atoms with E-state index in [1.165, 1.54) is 6.20 Å². The summed E-state index contributed by atoms with van der Waals surface area (Å²) in [6.07, 6.45) is 4.94. The molecule has 0 saturated heterocycles. The standard InChI is InChI=1S/C15H17N3O2/c1-11(13-4-6-16-7-5-13)18(2)15(20)14-9-12(10-19)3-8-17-14/h3-9,11,19H,10H2,1-2H3/t11-/m1/s1. The Bertz CT molecular complexity index is 587. The van der Waals surface area contributed by atoms with Gasteiger partial charge in [0.25, 0.3) is 5.91 Å². The molecule has 0 unspecified atom stereocenters. The van der Waals surface area contributed by atoms with Gasteiger partial charge in [-0.3, -0.25) is 14.8 Å². The van der Waals surface area contributed by atoms with Gasteiger partial charge in [-0.15, -0.1) is 0 Å². The molecule has 5 heteroatoms. The second-order valence-corrected chi connectivity index (χ2v) is 4.58. The summed E-state index contributed by atoms with van der Waals surface area (Å²) in [5.74, 6) is -0.176. The zero-order valence-corrected chi connectivity index (χ0v) is 11.5. The van der Waals surface area contributed by atoms with E-state index in [0.29, 0.717) is 11.3 Å². The maximum atomic E-state index is 12.4. The average molecular weight is 271 g/mol. The summed E-state index contributed by atoms with van der Waals surface area (Å²) in [6.45, 7) is 1.84. The number of aliphatic hydroxyl groups excluding tert-OH is 1. The minimum atomic E-state index is -0.176. The Morgan fingerprint density at radius 2 is 2.00 bits per heavy atom. The topological polar surface area (TPSA) is 66.3 Å². The SMILES string of the molecule is C[C@H](c1ccncc1)N(C)C(=O)c1cc(CO)ccn1. The largest absolute Gasteiger partial charge is 0.392 e. The minimum Gasteiger partial charge on any atom is -0.392 e. The maximum Gasteiger partial charge on any atom is 0.272 e. The number of hydrogen-bond acceptors (Lipinski definition) is 4. The van der Waals surface area contributed by atoms with E-state index in [9.17, 15) is 4.79 Å². The summed E-state index contributed by atoms with van der Waals surface area (Å²) in [6, 6.07) is 6.98. The van der Waals surface area contributed by atoms with Crippen LogP contribution in [0, 0.1) is 0 Å². The van der Waals surface area contributed by atoms with Crippen LogP contribution in [0.5, 0.6) is 0 Å². The van der Waals surface area contributed by atoms with Gasteiger partial charge in [0.15, 0.2) is 0 Å². The Morgan fingerprint density at radius 3 is 2.65 bits per heavy atom. The Hall–Kier alpha value is -2.27. The third-order valence-electron chi connectivity index (χ3n) is 3.32. The van der Waals surface area contributed by atoms with E-state index >= 15 is 0 Å². The number of carbonyl (C=O) groups is 1. The van der Waals surface area contributed by atoms with Crippen molar-refractivity contribution < 1.29 is 9.90 Å².